The third kappa shape index (κ3) is 4.83. The molecular formula is C22H23ClN8O4S. The van der Waals surface area contributed by atoms with E-state index in [-0.39, 0.29) is 39.5 Å². The molecule has 0 spiro atoms. The number of hydrogen-bond acceptors (Lipinski definition) is 9. The van der Waals surface area contributed by atoms with Gasteiger partial charge in [-0.15, -0.1) is 6.58 Å². The molecule has 0 aliphatic carbocycles. The summed E-state index contributed by atoms with van der Waals surface area (Å²) in [6.07, 6.45) is 2.99. The number of H-pyrrole nitrogens is 1. The third-order valence-electron chi connectivity index (χ3n) is 5.76. The van der Waals surface area contributed by atoms with Gasteiger partial charge in [0.15, 0.2) is 11.0 Å². The van der Waals surface area contributed by atoms with Crippen molar-refractivity contribution in [3.8, 4) is 17.6 Å². The first-order valence-corrected chi connectivity index (χ1v) is 12.1. The summed E-state index contributed by atoms with van der Waals surface area (Å²) in [6, 6.07) is 1.59. The molecule has 0 bridgehead atoms. The molecule has 14 heteroatoms. The van der Waals surface area contributed by atoms with Crippen molar-refractivity contribution in [3.63, 3.8) is 0 Å². The fourth-order valence-corrected chi connectivity index (χ4v) is 5.10. The summed E-state index contributed by atoms with van der Waals surface area (Å²) in [6.45, 7) is 6.46. The molecule has 1 saturated heterocycles. The first-order valence-electron chi connectivity index (χ1n) is 10.9. The lowest BCUT2D eigenvalue weighted by Gasteiger charge is -2.38. The highest BCUT2D eigenvalue weighted by molar-refractivity contribution is 7.17. The van der Waals surface area contributed by atoms with E-state index in [1.54, 1.807) is 20.0 Å². The molecule has 36 heavy (non-hydrogen) atoms. The number of amides is 1. The maximum atomic E-state index is 13.0. The number of halogens is 1. The SMILES string of the molecule is C=CCOC1CN(c2nc(-c3ncnn3C)c(C(=O)O)s2)CCC1NC(=O)c1[nH]c(C)c(Cl)c1C#N. The molecule has 1 aliphatic heterocycles. The van der Waals surface area contributed by atoms with Gasteiger partial charge in [-0.3, -0.25) is 4.79 Å². The predicted molar refractivity (Wildman–Crippen MR) is 132 cm³/mol. The quantitative estimate of drug-likeness (QED) is 0.371. The number of hydrogen-bond donors (Lipinski definition) is 3. The predicted octanol–water partition coefficient (Wildman–Crippen LogP) is 2.38. The highest BCUT2D eigenvalue weighted by Gasteiger charge is 2.35. The Kier molecular flexibility index (Phi) is 7.39. The number of aryl methyl sites for hydroxylation is 2. The van der Waals surface area contributed by atoms with E-state index in [2.05, 4.69) is 31.9 Å². The Hall–Kier alpha value is -3.73. The molecule has 1 fully saturated rings. The molecule has 3 aromatic rings. The second-order valence-corrected chi connectivity index (χ2v) is 9.44. The molecule has 4 heterocycles. The molecule has 1 amide bonds. The number of nitrogens with zero attached hydrogens (tertiary/aromatic N) is 6. The van der Waals surface area contributed by atoms with Crippen LogP contribution in [0.25, 0.3) is 11.5 Å². The zero-order valence-electron chi connectivity index (χ0n) is 19.5. The number of carboxylic acids is 1. The van der Waals surface area contributed by atoms with Crippen molar-refractivity contribution in [1.29, 1.82) is 5.26 Å². The summed E-state index contributed by atoms with van der Waals surface area (Å²) in [7, 11) is 1.66. The fraction of sp³-hybridized carbons (Fsp3) is 0.364. The topological polar surface area (TPSA) is 162 Å². The Bertz CT molecular complexity index is 1360. The molecule has 0 radical (unpaired) electrons. The molecule has 3 aromatic heterocycles. The number of piperidine rings is 1. The van der Waals surface area contributed by atoms with E-state index in [9.17, 15) is 20.0 Å². The van der Waals surface area contributed by atoms with E-state index >= 15 is 0 Å². The average Bonchev–Trinajstić information content (AvgIpc) is 3.55. The molecule has 3 N–H and O–H groups in total. The zero-order valence-corrected chi connectivity index (χ0v) is 21.1. The number of aromatic carboxylic acids is 1. The maximum Gasteiger partial charge on any atom is 0.348 e. The van der Waals surface area contributed by atoms with Crippen LogP contribution in [0.3, 0.4) is 0 Å². The standard InChI is InChI=1S/C22H23ClN8O4S/c1-4-7-35-14-9-31(22-29-17(18(36-22)21(33)34)19-25-10-26-30(19)3)6-5-13(14)28-20(32)16-12(8-24)15(23)11(2)27-16/h4,10,13-14,27H,1,5-7,9H2,2-3H3,(H,28,32)(H,33,34). The van der Waals surface area contributed by atoms with E-state index < -0.39 is 18.0 Å². The summed E-state index contributed by atoms with van der Waals surface area (Å²) >= 11 is 7.18. The van der Waals surface area contributed by atoms with Gasteiger partial charge in [-0.2, -0.15) is 10.4 Å². The van der Waals surface area contributed by atoms with Crippen molar-refractivity contribution >= 4 is 39.9 Å². The van der Waals surface area contributed by atoms with Gasteiger partial charge in [0, 0.05) is 25.8 Å². The number of ether oxygens (including phenoxy) is 1. The minimum atomic E-state index is -1.11. The smallest absolute Gasteiger partial charge is 0.348 e. The van der Waals surface area contributed by atoms with Gasteiger partial charge in [0.1, 0.15) is 34.2 Å². The van der Waals surface area contributed by atoms with E-state index in [0.29, 0.717) is 36.2 Å². The van der Waals surface area contributed by atoms with Crippen LogP contribution in [-0.2, 0) is 11.8 Å². The average molecular weight is 531 g/mol. The van der Waals surface area contributed by atoms with Crippen LogP contribution in [0.4, 0.5) is 5.13 Å². The van der Waals surface area contributed by atoms with Gasteiger partial charge in [-0.1, -0.05) is 29.0 Å². The summed E-state index contributed by atoms with van der Waals surface area (Å²) in [5, 5.41) is 26.8. The summed E-state index contributed by atoms with van der Waals surface area (Å²) in [4.78, 5) is 38.4. The van der Waals surface area contributed by atoms with Crippen LogP contribution in [0.5, 0.6) is 0 Å². The second kappa shape index (κ2) is 10.5. The number of nitrogens with one attached hydrogen (secondary N) is 2. The van der Waals surface area contributed by atoms with Crippen molar-refractivity contribution in [2.75, 3.05) is 24.6 Å². The number of carbonyl (C=O) groups is 2. The zero-order chi connectivity index (χ0) is 26.0. The van der Waals surface area contributed by atoms with Gasteiger partial charge in [-0.25, -0.2) is 19.4 Å². The first kappa shape index (κ1) is 25.4. The number of anilines is 1. The lowest BCUT2D eigenvalue weighted by Crippen LogP contribution is -2.55. The normalized spacial score (nSPS) is 17.6. The minimum Gasteiger partial charge on any atom is -0.477 e. The van der Waals surface area contributed by atoms with Crippen molar-refractivity contribution in [3.05, 3.63) is 45.8 Å². The lowest BCUT2D eigenvalue weighted by atomic mass is 10.0. The Balaban J connectivity index is 1.56. The van der Waals surface area contributed by atoms with E-state index in [1.165, 1.54) is 11.0 Å². The van der Waals surface area contributed by atoms with Gasteiger partial charge >= 0.3 is 5.97 Å². The summed E-state index contributed by atoms with van der Waals surface area (Å²) in [5.74, 6) is -1.21. The Morgan fingerprint density at radius 1 is 1.53 bits per heavy atom. The van der Waals surface area contributed by atoms with Gasteiger partial charge in [0.2, 0.25) is 0 Å². The molecule has 12 nitrogen and oxygen atoms in total. The molecular weight excluding hydrogens is 508 g/mol. The van der Waals surface area contributed by atoms with E-state index in [0.717, 1.165) is 11.3 Å². The maximum absolute atomic E-state index is 13.0. The Labute approximate surface area is 215 Å². The highest BCUT2D eigenvalue weighted by Crippen LogP contribution is 2.34. The number of aromatic nitrogens is 5. The number of carboxylic acid groups (broad SMARTS) is 1. The summed E-state index contributed by atoms with van der Waals surface area (Å²) < 4.78 is 7.42. The summed E-state index contributed by atoms with van der Waals surface area (Å²) in [5.41, 5.74) is 0.964. The molecule has 0 saturated carbocycles. The lowest BCUT2D eigenvalue weighted by molar-refractivity contribution is 0.0355. The second-order valence-electron chi connectivity index (χ2n) is 8.09. The molecule has 1 aliphatic rings. The van der Waals surface area contributed by atoms with Gasteiger partial charge in [-0.05, 0) is 13.3 Å². The Morgan fingerprint density at radius 2 is 2.31 bits per heavy atom. The van der Waals surface area contributed by atoms with Crippen molar-refractivity contribution in [1.82, 2.24) is 30.0 Å². The van der Waals surface area contributed by atoms with Crippen LogP contribution >= 0.6 is 22.9 Å². The van der Waals surface area contributed by atoms with Crippen LogP contribution in [0.2, 0.25) is 5.02 Å². The number of carbonyl (C=O) groups excluding carboxylic acids is 1. The number of nitriles is 1. The van der Waals surface area contributed by atoms with Crippen LogP contribution in [-0.4, -0.2) is 73.6 Å². The van der Waals surface area contributed by atoms with E-state index in [4.69, 9.17) is 16.3 Å². The molecule has 2 atom stereocenters. The third-order valence-corrected chi connectivity index (χ3v) is 7.33. The van der Waals surface area contributed by atoms with E-state index in [1.807, 2.05) is 11.0 Å². The highest BCUT2D eigenvalue weighted by atomic mass is 35.5. The van der Waals surface area contributed by atoms with Gasteiger partial charge in [0.05, 0.1) is 23.8 Å². The monoisotopic (exact) mass is 530 g/mol. The van der Waals surface area contributed by atoms with Gasteiger partial charge in [0.25, 0.3) is 5.91 Å². The first-order chi connectivity index (χ1) is 17.2. The van der Waals surface area contributed by atoms with Crippen molar-refractivity contribution in [2.45, 2.75) is 25.5 Å². The largest absolute Gasteiger partial charge is 0.477 e. The number of rotatable bonds is 8. The fourth-order valence-electron chi connectivity index (χ4n) is 3.99. The molecule has 2 unspecified atom stereocenters. The Morgan fingerprint density at radius 3 is 2.94 bits per heavy atom. The minimum absolute atomic E-state index is 0.0584. The molecule has 188 valence electrons. The van der Waals surface area contributed by atoms with Crippen LogP contribution < -0.4 is 10.2 Å². The van der Waals surface area contributed by atoms with Crippen LogP contribution in [0, 0.1) is 18.3 Å². The van der Waals surface area contributed by atoms with Crippen molar-refractivity contribution < 1.29 is 19.4 Å². The van der Waals surface area contributed by atoms with Crippen molar-refractivity contribution in [2.24, 2.45) is 7.05 Å². The molecule has 0 aromatic carbocycles. The van der Waals surface area contributed by atoms with Crippen LogP contribution in [0.1, 0.15) is 37.8 Å². The number of thiazole rings is 1. The number of aromatic amines is 1. The molecule has 4 rings (SSSR count). The van der Waals surface area contributed by atoms with Crippen LogP contribution in [0.15, 0.2) is 19.0 Å². The van der Waals surface area contributed by atoms with Gasteiger partial charge < -0.3 is 25.0 Å².